The molecule has 134 valence electrons. The van der Waals surface area contributed by atoms with Gasteiger partial charge in [-0.25, -0.2) is 4.79 Å². The number of aliphatic hydroxyl groups is 1. The summed E-state index contributed by atoms with van der Waals surface area (Å²) < 4.78 is 0. The largest absolute Gasteiger partial charge is 0.388 e. The average Bonchev–Trinajstić information content (AvgIpc) is 2.55. The van der Waals surface area contributed by atoms with Crippen LogP contribution in [0.25, 0.3) is 0 Å². The van der Waals surface area contributed by atoms with Gasteiger partial charge in [-0.15, -0.1) is 0 Å². The second-order valence-corrected chi connectivity index (χ2v) is 7.16. The zero-order chi connectivity index (χ0) is 17.5. The molecule has 4 atom stereocenters. The highest BCUT2D eigenvalue weighted by molar-refractivity contribution is 5.74. The van der Waals surface area contributed by atoms with Gasteiger partial charge in [0.05, 0.1) is 6.10 Å². The maximum absolute atomic E-state index is 12.2. The molecule has 1 fully saturated rings. The predicted octanol–water partition coefficient (Wildman–Crippen LogP) is 2.67. The highest BCUT2D eigenvalue weighted by atomic mass is 16.3. The van der Waals surface area contributed by atoms with E-state index in [0.717, 1.165) is 24.8 Å². The molecule has 5 heteroatoms. The van der Waals surface area contributed by atoms with Crippen molar-refractivity contribution in [2.24, 2.45) is 0 Å². The lowest BCUT2D eigenvalue weighted by atomic mass is 9.90. The first-order chi connectivity index (χ1) is 11.5. The Bertz CT molecular complexity index is 507. The summed E-state index contributed by atoms with van der Waals surface area (Å²) in [5.74, 6) is 0. The van der Waals surface area contributed by atoms with Crippen LogP contribution in [0.1, 0.15) is 50.7 Å². The van der Waals surface area contributed by atoms with E-state index in [0.29, 0.717) is 12.5 Å². The summed E-state index contributed by atoms with van der Waals surface area (Å²) in [6, 6.07) is 10.1. The minimum atomic E-state index is -0.561. The van der Waals surface area contributed by atoms with Crippen LogP contribution in [0.2, 0.25) is 0 Å². The Morgan fingerprint density at radius 1 is 1.29 bits per heavy atom. The molecule has 1 aromatic carbocycles. The van der Waals surface area contributed by atoms with E-state index >= 15 is 0 Å². The molecule has 0 saturated heterocycles. The van der Waals surface area contributed by atoms with Crippen LogP contribution in [0, 0.1) is 0 Å². The Morgan fingerprint density at radius 2 is 2.00 bits per heavy atom. The van der Waals surface area contributed by atoms with Crippen molar-refractivity contribution in [3.05, 3.63) is 35.9 Å². The van der Waals surface area contributed by atoms with Crippen LogP contribution in [-0.2, 0) is 0 Å². The fourth-order valence-electron chi connectivity index (χ4n) is 3.42. The molecule has 2 amide bonds. The van der Waals surface area contributed by atoms with Crippen LogP contribution in [0.15, 0.2) is 30.3 Å². The fraction of sp³-hybridized carbons (Fsp3) is 0.632. The van der Waals surface area contributed by atoms with E-state index in [2.05, 4.69) is 29.6 Å². The Kier molecular flexibility index (Phi) is 7.06. The van der Waals surface area contributed by atoms with E-state index < -0.39 is 6.10 Å². The molecule has 0 unspecified atom stereocenters. The molecule has 5 nitrogen and oxygen atoms in total. The topological polar surface area (TPSA) is 64.6 Å². The van der Waals surface area contributed by atoms with Gasteiger partial charge in [0, 0.05) is 18.1 Å². The number of amides is 2. The molecular formula is C19H31N3O2. The first-order valence-corrected chi connectivity index (χ1v) is 8.92. The second kappa shape index (κ2) is 9.04. The molecule has 2 rings (SSSR count). The molecule has 0 aromatic heterocycles. The van der Waals surface area contributed by atoms with Crippen LogP contribution in [0.5, 0.6) is 0 Å². The molecule has 3 N–H and O–H groups in total. The minimum Gasteiger partial charge on any atom is -0.388 e. The van der Waals surface area contributed by atoms with Gasteiger partial charge < -0.3 is 20.6 Å². The van der Waals surface area contributed by atoms with Gasteiger partial charge in [-0.2, -0.15) is 0 Å². The van der Waals surface area contributed by atoms with Gasteiger partial charge in [0.2, 0.25) is 0 Å². The quantitative estimate of drug-likeness (QED) is 0.750. The molecular weight excluding hydrogens is 302 g/mol. The lowest BCUT2D eigenvalue weighted by Gasteiger charge is -2.34. The summed E-state index contributed by atoms with van der Waals surface area (Å²) in [5.41, 5.74) is 0.882. The fourth-order valence-corrected chi connectivity index (χ4v) is 3.42. The number of carbonyl (C=O) groups is 1. The van der Waals surface area contributed by atoms with Crippen LogP contribution >= 0.6 is 0 Å². The number of urea groups is 1. The number of nitrogens with one attached hydrogen (secondary N) is 2. The van der Waals surface area contributed by atoms with Gasteiger partial charge >= 0.3 is 6.03 Å². The summed E-state index contributed by atoms with van der Waals surface area (Å²) in [6.07, 6.45) is 4.33. The van der Waals surface area contributed by atoms with E-state index in [-0.39, 0.29) is 18.1 Å². The maximum atomic E-state index is 12.2. The number of rotatable bonds is 6. The molecule has 0 radical (unpaired) electrons. The number of aliphatic hydroxyl groups excluding tert-OH is 1. The van der Waals surface area contributed by atoms with Gasteiger partial charge in [-0.3, -0.25) is 0 Å². The third kappa shape index (κ3) is 5.80. The summed E-state index contributed by atoms with van der Waals surface area (Å²) in [7, 11) is 4.19. The highest BCUT2D eigenvalue weighted by Gasteiger charge is 2.25. The summed E-state index contributed by atoms with van der Waals surface area (Å²) in [5, 5.41) is 16.3. The summed E-state index contributed by atoms with van der Waals surface area (Å²) in [6.45, 7) is 1.93. The van der Waals surface area contributed by atoms with Crippen molar-refractivity contribution in [1.82, 2.24) is 15.5 Å². The lowest BCUT2D eigenvalue weighted by Crippen LogP contribution is -2.49. The second-order valence-electron chi connectivity index (χ2n) is 7.16. The zero-order valence-electron chi connectivity index (χ0n) is 15.0. The Balaban J connectivity index is 1.75. The normalized spacial score (nSPS) is 23.5. The van der Waals surface area contributed by atoms with E-state index in [1.807, 2.05) is 37.3 Å². The van der Waals surface area contributed by atoms with Crippen molar-refractivity contribution in [3.63, 3.8) is 0 Å². The highest BCUT2D eigenvalue weighted by Crippen LogP contribution is 2.22. The summed E-state index contributed by atoms with van der Waals surface area (Å²) in [4.78, 5) is 14.4. The maximum Gasteiger partial charge on any atom is 0.315 e. The molecule has 0 spiro atoms. The van der Waals surface area contributed by atoms with E-state index in [4.69, 9.17) is 0 Å². The monoisotopic (exact) mass is 333 g/mol. The summed E-state index contributed by atoms with van der Waals surface area (Å²) >= 11 is 0. The minimum absolute atomic E-state index is 0.0894. The van der Waals surface area contributed by atoms with Crippen molar-refractivity contribution in [2.45, 2.75) is 63.3 Å². The average molecular weight is 333 g/mol. The standard InChI is InChI=1S/C19H31N3O2/c1-14(12-18(23)15-8-5-4-6-9-15)20-19(24)21-16-10-7-11-17(13-16)22(2)3/h4-6,8-9,14,16-18,23H,7,10-13H2,1-3H3,(H2,20,21,24)/t14-,16-,17+,18+/m1/s1. The molecule has 0 heterocycles. The number of nitrogens with zero attached hydrogens (tertiary/aromatic N) is 1. The van der Waals surface area contributed by atoms with Crippen LogP contribution in [0.4, 0.5) is 4.79 Å². The first-order valence-electron chi connectivity index (χ1n) is 8.92. The van der Waals surface area contributed by atoms with E-state index in [1.165, 1.54) is 6.42 Å². The van der Waals surface area contributed by atoms with Gasteiger partial charge in [-0.1, -0.05) is 30.3 Å². The third-order valence-electron chi connectivity index (χ3n) is 4.85. The van der Waals surface area contributed by atoms with Crippen molar-refractivity contribution < 1.29 is 9.90 Å². The molecule has 24 heavy (non-hydrogen) atoms. The van der Waals surface area contributed by atoms with Crippen molar-refractivity contribution in [3.8, 4) is 0 Å². The van der Waals surface area contributed by atoms with Gasteiger partial charge in [0.25, 0.3) is 0 Å². The van der Waals surface area contributed by atoms with Crippen LogP contribution in [0.3, 0.4) is 0 Å². The SMILES string of the molecule is C[C@H](C[C@H](O)c1ccccc1)NC(=O)N[C@@H]1CCC[C@H](N(C)C)C1. The van der Waals surface area contributed by atoms with Crippen LogP contribution in [-0.4, -0.2) is 48.3 Å². The molecule has 1 saturated carbocycles. The Hall–Kier alpha value is -1.59. The Labute approximate surface area is 145 Å². The smallest absolute Gasteiger partial charge is 0.315 e. The molecule has 1 aromatic rings. The molecule has 1 aliphatic carbocycles. The van der Waals surface area contributed by atoms with E-state index in [9.17, 15) is 9.90 Å². The van der Waals surface area contributed by atoms with Crippen molar-refractivity contribution >= 4 is 6.03 Å². The number of hydrogen-bond acceptors (Lipinski definition) is 3. The Morgan fingerprint density at radius 3 is 2.67 bits per heavy atom. The first kappa shape index (κ1) is 18.7. The molecule has 0 bridgehead atoms. The van der Waals surface area contributed by atoms with Gasteiger partial charge in [0.1, 0.15) is 0 Å². The van der Waals surface area contributed by atoms with Gasteiger partial charge in [0.15, 0.2) is 0 Å². The number of hydrogen-bond donors (Lipinski definition) is 3. The predicted molar refractivity (Wildman–Crippen MR) is 96.9 cm³/mol. The number of carbonyl (C=O) groups excluding carboxylic acids is 1. The van der Waals surface area contributed by atoms with E-state index in [1.54, 1.807) is 0 Å². The lowest BCUT2D eigenvalue weighted by molar-refractivity contribution is 0.153. The number of benzene rings is 1. The van der Waals surface area contributed by atoms with Gasteiger partial charge in [-0.05, 0) is 58.7 Å². The van der Waals surface area contributed by atoms with Crippen molar-refractivity contribution in [2.75, 3.05) is 14.1 Å². The molecule has 0 aliphatic heterocycles. The molecule has 1 aliphatic rings. The van der Waals surface area contributed by atoms with Crippen molar-refractivity contribution in [1.29, 1.82) is 0 Å². The zero-order valence-corrected chi connectivity index (χ0v) is 15.0. The van der Waals surface area contributed by atoms with Crippen LogP contribution < -0.4 is 10.6 Å². The third-order valence-corrected chi connectivity index (χ3v) is 4.85.